The lowest BCUT2D eigenvalue weighted by atomic mass is 9.88. The number of benzene rings is 1. The van der Waals surface area contributed by atoms with Crippen molar-refractivity contribution >= 4 is 11.6 Å². The number of ether oxygens (including phenoxy) is 2. The minimum atomic E-state index is -0.352. The van der Waals surface area contributed by atoms with Crippen molar-refractivity contribution in [3.05, 3.63) is 45.9 Å². The maximum absolute atomic E-state index is 12.4. The summed E-state index contributed by atoms with van der Waals surface area (Å²) in [6.07, 6.45) is 2.75. The Labute approximate surface area is 151 Å². The summed E-state index contributed by atoms with van der Waals surface area (Å²) in [6, 6.07) is 6.72. The molecule has 0 saturated carbocycles. The van der Waals surface area contributed by atoms with Crippen LogP contribution in [-0.2, 0) is 24.2 Å². The van der Waals surface area contributed by atoms with Gasteiger partial charge in [0.2, 0.25) is 5.91 Å². The number of carbonyl (C=O) groups is 1. The predicted molar refractivity (Wildman–Crippen MR) is 97.9 cm³/mol. The van der Waals surface area contributed by atoms with Gasteiger partial charge >= 0.3 is 0 Å². The molecule has 1 aromatic heterocycles. The topological polar surface area (TPSA) is 82.4 Å². The van der Waals surface area contributed by atoms with E-state index in [1.165, 1.54) is 11.8 Å². The molecule has 7 heteroatoms. The molecule has 0 unspecified atom stereocenters. The van der Waals surface area contributed by atoms with Crippen molar-refractivity contribution in [1.29, 1.82) is 0 Å². The molecule has 0 bridgehead atoms. The standard InChI is InChI=1S/C19H23N3O4/c1-12-4-6-15-13(8-12)9-19(24)22(21-15)11-18(23)20-16-10-14(25-2)5-7-17(16)26-3/h5,7,9-10,12H,4,6,8,11H2,1-3H3,(H,20,23)/t12-/m0/s1. The van der Waals surface area contributed by atoms with E-state index in [9.17, 15) is 9.59 Å². The molecule has 7 nitrogen and oxygen atoms in total. The zero-order chi connectivity index (χ0) is 18.7. The van der Waals surface area contributed by atoms with E-state index in [0.717, 1.165) is 30.5 Å². The van der Waals surface area contributed by atoms with Gasteiger partial charge in [-0.15, -0.1) is 0 Å². The number of nitrogens with one attached hydrogen (secondary N) is 1. The van der Waals surface area contributed by atoms with Gasteiger partial charge in [-0.25, -0.2) is 4.68 Å². The number of fused-ring (bicyclic) bond motifs is 1. The quantitative estimate of drug-likeness (QED) is 0.885. The molecule has 0 saturated heterocycles. The first-order chi connectivity index (χ1) is 12.5. The molecule has 0 aliphatic heterocycles. The molecular formula is C19H23N3O4. The molecule has 1 aliphatic rings. The van der Waals surface area contributed by atoms with Gasteiger partial charge in [-0.05, 0) is 42.9 Å². The number of carbonyl (C=O) groups excluding carboxylic acids is 1. The largest absolute Gasteiger partial charge is 0.497 e. The maximum Gasteiger partial charge on any atom is 0.267 e. The van der Waals surface area contributed by atoms with Crippen LogP contribution in [0, 0.1) is 5.92 Å². The molecule has 2 aromatic rings. The van der Waals surface area contributed by atoms with E-state index in [1.54, 1.807) is 31.4 Å². The van der Waals surface area contributed by atoms with Gasteiger partial charge in [-0.3, -0.25) is 9.59 Å². The number of anilines is 1. The molecule has 138 valence electrons. The lowest BCUT2D eigenvalue weighted by molar-refractivity contribution is -0.117. The highest BCUT2D eigenvalue weighted by Crippen LogP contribution is 2.28. The molecule has 1 N–H and O–H groups in total. The fourth-order valence-electron chi connectivity index (χ4n) is 3.16. The van der Waals surface area contributed by atoms with Crippen LogP contribution < -0.4 is 20.3 Å². The molecule has 1 atom stereocenters. The Hall–Kier alpha value is -2.83. The van der Waals surface area contributed by atoms with Crippen molar-refractivity contribution in [2.75, 3.05) is 19.5 Å². The maximum atomic E-state index is 12.4. The van der Waals surface area contributed by atoms with Crippen molar-refractivity contribution in [1.82, 2.24) is 9.78 Å². The average Bonchev–Trinajstić information content (AvgIpc) is 2.62. The summed E-state index contributed by atoms with van der Waals surface area (Å²) < 4.78 is 11.6. The molecule has 3 rings (SSSR count). The van der Waals surface area contributed by atoms with Gasteiger partial charge in [0.05, 0.1) is 25.6 Å². The van der Waals surface area contributed by atoms with E-state index >= 15 is 0 Å². The summed E-state index contributed by atoms with van der Waals surface area (Å²) >= 11 is 0. The lowest BCUT2D eigenvalue weighted by Gasteiger charge is -2.20. The zero-order valence-corrected chi connectivity index (χ0v) is 15.2. The van der Waals surface area contributed by atoms with Gasteiger partial charge in [-0.2, -0.15) is 5.10 Å². The number of nitrogens with zero attached hydrogens (tertiary/aromatic N) is 2. The van der Waals surface area contributed by atoms with Crippen molar-refractivity contribution in [2.45, 2.75) is 32.7 Å². The van der Waals surface area contributed by atoms with Crippen LogP contribution in [-0.4, -0.2) is 29.9 Å². The summed E-state index contributed by atoms with van der Waals surface area (Å²) in [4.78, 5) is 24.7. The molecule has 1 amide bonds. The average molecular weight is 357 g/mol. The molecule has 26 heavy (non-hydrogen) atoms. The van der Waals surface area contributed by atoms with Gasteiger partial charge < -0.3 is 14.8 Å². The zero-order valence-electron chi connectivity index (χ0n) is 15.2. The molecule has 0 fully saturated rings. The highest BCUT2D eigenvalue weighted by molar-refractivity contribution is 5.92. The number of hydrogen-bond acceptors (Lipinski definition) is 5. The highest BCUT2D eigenvalue weighted by atomic mass is 16.5. The smallest absolute Gasteiger partial charge is 0.267 e. The van der Waals surface area contributed by atoms with E-state index in [-0.39, 0.29) is 18.0 Å². The normalized spacial score (nSPS) is 15.9. The van der Waals surface area contributed by atoms with Crippen LogP contribution in [0.5, 0.6) is 11.5 Å². The predicted octanol–water partition coefficient (Wildman–Crippen LogP) is 2.02. The van der Waals surface area contributed by atoms with Crippen molar-refractivity contribution < 1.29 is 14.3 Å². The Bertz CT molecular complexity index is 876. The molecule has 1 aromatic carbocycles. The first-order valence-corrected chi connectivity index (χ1v) is 8.62. The lowest BCUT2D eigenvalue weighted by Crippen LogP contribution is -2.32. The Kier molecular flexibility index (Phi) is 5.25. The Morgan fingerprint density at radius 2 is 2.12 bits per heavy atom. The number of amides is 1. The monoisotopic (exact) mass is 357 g/mol. The van der Waals surface area contributed by atoms with Crippen molar-refractivity contribution in [3.63, 3.8) is 0 Å². The van der Waals surface area contributed by atoms with Gasteiger partial charge in [0, 0.05) is 12.1 Å². The van der Waals surface area contributed by atoms with Crippen LogP contribution in [0.15, 0.2) is 29.1 Å². The van der Waals surface area contributed by atoms with E-state index in [2.05, 4.69) is 17.3 Å². The van der Waals surface area contributed by atoms with Gasteiger partial charge in [0.1, 0.15) is 18.0 Å². The van der Waals surface area contributed by atoms with E-state index in [0.29, 0.717) is 23.1 Å². The number of aryl methyl sites for hydroxylation is 1. The van der Waals surface area contributed by atoms with Crippen molar-refractivity contribution in [2.24, 2.45) is 5.92 Å². The van der Waals surface area contributed by atoms with Crippen LogP contribution in [0.1, 0.15) is 24.6 Å². The summed E-state index contributed by atoms with van der Waals surface area (Å²) in [5, 5.41) is 7.15. The second kappa shape index (κ2) is 7.59. The van der Waals surface area contributed by atoms with E-state index in [4.69, 9.17) is 9.47 Å². The van der Waals surface area contributed by atoms with Crippen LogP contribution in [0.4, 0.5) is 5.69 Å². The number of hydrogen-bond donors (Lipinski definition) is 1. The third-order valence-corrected chi connectivity index (χ3v) is 4.58. The Morgan fingerprint density at radius 1 is 1.31 bits per heavy atom. The SMILES string of the molecule is COc1ccc(OC)c(NC(=O)Cn2nc3c(cc2=O)C[C@@H](C)CC3)c1. The minimum absolute atomic E-state index is 0.151. The minimum Gasteiger partial charge on any atom is -0.497 e. The Balaban J connectivity index is 1.78. The summed E-state index contributed by atoms with van der Waals surface area (Å²) in [5.74, 6) is 1.32. The fraction of sp³-hybridized carbons (Fsp3) is 0.421. The van der Waals surface area contributed by atoms with Gasteiger partial charge in [0.25, 0.3) is 5.56 Å². The van der Waals surface area contributed by atoms with Crippen LogP contribution in [0.25, 0.3) is 0 Å². The molecular weight excluding hydrogens is 334 g/mol. The molecule has 1 heterocycles. The fourth-order valence-corrected chi connectivity index (χ4v) is 3.16. The van der Waals surface area contributed by atoms with Crippen molar-refractivity contribution in [3.8, 4) is 11.5 Å². The summed E-state index contributed by atoms with van der Waals surface area (Å²) in [6.45, 7) is 2.02. The third-order valence-electron chi connectivity index (χ3n) is 4.58. The van der Waals surface area contributed by atoms with Crippen LogP contribution in [0.3, 0.4) is 0 Å². The van der Waals surface area contributed by atoms with Gasteiger partial charge in [-0.1, -0.05) is 6.92 Å². The first-order valence-electron chi connectivity index (χ1n) is 8.62. The number of aromatic nitrogens is 2. The first kappa shape index (κ1) is 18.0. The Morgan fingerprint density at radius 3 is 2.85 bits per heavy atom. The second-order valence-electron chi connectivity index (χ2n) is 6.57. The molecule has 1 aliphatic carbocycles. The summed E-state index contributed by atoms with van der Waals surface area (Å²) in [5.41, 5.74) is 2.14. The number of methoxy groups -OCH3 is 2. The third kappa shape index (κ3) is 3.87. The van der Waals surface area contributed by atoms with E-state index in [1.807, 2.05) is 0 Å². The summed E-state index contributed by atoms with van der Waals surface area (Å²) in [7, 11) is 3.07. The molecule has 0 radical (unpaired) electrons. The number of rotatable bonds is 5. The second-order valence-corrected chi connectivity index (χ2v) is 6.57. The van der Waals surface area contributed by atoms with Crippen LogP contribution in [0.2, 0.25) is 0 Å². The molecule has 0 spiro atoms. The van der Waals surface area contributed by atoms with Crippen LogP contribution >= 0.6 is 0 Å². The highest BCUT2D eigenvalue weighted by Gasteiger charge is 2.19. The van der Waals surface area contributed by atoms with E-state index < -0.39 is 0 Å². The van der Waals surface area contributed by atoms with Gasteiger partial charge in [0.15, 0.2) is 0 Å².